The highest BCUT2D eigenvalue weighted by Gasteiger charge is 2.28. The molecule has 1 N–H and O–H groups in total. The van der Waals surface area contributed by atoms with E-state index in [0.29, 0.717) is 5.92 Å². The number of oxazole rings is 1. The minimum Gasteiger partial charge on any atom is -0.440 e. The van der Waals surface area contributed by atoms with Crippen LogP contribution in [0, 0.1) is 0 Å². The number of hydrogen-bond donors (Lipinski definition) is 1. The van der Waals surface area contributed by atoms with Gasteiger partial charge in [-0.15, -0.1) is 11.3 Å². The van der Waals surface area contributed by atoms with Gasteiger partial charge in [-0.1, -0.05) is 0 Å². The summed E-state index contributed by atoms with van der Waals surface area (Å²) in [6, 6.07) is 8.22. The number of nitrogens with zero attached hydrogens (tertiary/aromatic N) is 1. The number of benzene rings is 1. The summed E-state index contributed by atoms with van der Waals surface area (Å²) in [7, 11) is 0. The highest BCUT2D eigenvalue weighted by molar-refractivity contribution is 9.13. The zero-order chi connectivity index (χ0) is 14.4. The van der Waals surface area contributed by atoms with Gasteiger partial charge in [0.2, 0.25) is 0 Å². The lowest BCUT2D eigenvalue weighted by Crippen LogP contribution is -1.96. The van der Waals surface area contributed by atoms with Gasteiger partial charge in [0.05, 0.1) is 3.79 Å². The molecule has 1 aliphatic rings. The van der Waals surface area contributed by atoms with Crippen molar-refractivity contribution in [3.05, 3.63) is 43.3 Å². The molecule has 0 radical (unpaired) electrons. The molecule has 4 rings (SSSR count). The Kier molecular flexibility index (Phi) is 3.55. The standard InChI is InChI=1S/C15H12Br2N2OS/c16-11-6-10(21-14(11)17)7-18-9-3-4-13-12(5-9)19-15(20-13)8-1-2-8/h3-6,8,18H,1-2,7H2. The van der Waals surface area contributed by atoms with Crippen LogP contribution in [0.3, 0.4) is 0 Å². The van der Waals surface area contributed by atoms with Gasteiger partial charge in [-0.2, -0.15) is 0 Å². The first-order chi connectivity index (χ1) is 10.2. The summed E-state index contributed by atoms with van der Waals surface area (Å²) >= 11 is 8.76. The average Bonchev–Trinajstić information content (AvgIpc) is 3.16. The number of aromatic nitrogens is 1. The lowest BCUT2D eigenvalue weighted by atomic mass is 10.3. The summed E-state index contributed by atoms with van der Waals surface area (Å²) in [5.74, 6) is 1.45. The zero-order valence-electron chi connectivity index (χ0n) is 11.0. The van der Waals surface area contributed by atoms with Crippen molar-refractivity contribution < 1.29 is 4.42 Å². The molecule has 2 heterocycles. The third-order valence-corrected chi connectivity index (χ3v) is 6.75. The second-order valence-electron chi connectivity index (χ2n) is 5.20. The topological polar surface area (TPSA) is 38.1 Å². The molecule has 0 unspecified atom stereocenters. The number of fused-ring (bicyclic) bond motifs is 1. The van der Waals surface area contributed by atoms with Crippen LogP contribution in [0.2, 0.25) is 0 Å². The van der Waals surface area contributed by atoms with Crippen molar-refractivity contribution in [1.29, 1.82) is 0 Å². The average molecular weight is 428 g/mol. The van der Waals surface area contributed by atoms with Gasteiger partial charge < -0.3 is 9.73 Å². The molecule has 0 bridgehead atoms. The van der Waals surface area contributed by atoms with Crippen molar-refractivity contribution in [2.75, 3.05) is 5.32 Å². The SMILES string of the molecule is Brc1cc(CNc2ccc3oc(C4CC4)nc3c2)sc1Br. The Morgan fingerprint density at radius 2 is 2.14 bits per heavy atom. The van der Waals surface area contributed by atoms with Crippen LogP contribution in [0.5, 0.6) is 0 Å². The molecule has 0 atom stereocenters. The van der Waals surface area contributed by atoms with E-state index < -0.39 is 0 Å². The fourth-order valence-corrected chi connectivity index (χ4v) is 4.34. The first kappa shape index (κ1) is 13.8. The van der Waals surface area contributed by atoms with Crippen molar-refractivity contribution in [3.63, 3.8) is 0 Å². The fraction of sp³-hybridized carbons (Fsp3) is 0.267. The molecule has 1 saturated carbocycles. The first-order valence-electron chi connectivity index (χ1n) is 6.77. The summed E-state index contributed by atoms with van der Waals surface area (Å²) in [4.78, 5) is 5.86. The van der Waals surface area contributed by atoms with Gasteiger partial charge in [-0.3, -0.25) is 0 Å². The third-order valence-electron chi connectivity index (χ3n) is 3.49. The summed E-state index contributed by atoms with van der Waals surface area (Å²) in [5, 5.41) is 3.43. The quantitative estimate of drug-likeness (QED) is 0.562. The largest absolute Gasteiger partial charge is 0.440 e. The van der Waals surface area contributed by atoms with Gasteiger partial charge in [0.1, 0.15) is 5.52 Å². The molecule has 1 aromatic carbocycles. The van der Waals surface area contributed by atoms with Crippen LogP contribution in [0.25, 0.3) is 11.1 Å². The maximum atomic E-state index is 5.78. The second-order valence-corrected chi connectivity index (χ2v) is 8.51. The highest BCUT2D eigenvalue weighted by Crippen LogP contribution is 2.40. The summed E-state index contributed by atoms with van der Waals surface area (Å²) < 4.78 is 8.01. The van der Waals surface area contributed by atoms with Crippen LogP contribution >= 0.6 is 43.2 Å². The van der Waals surface area contributed by atoms with Crippen LogP contribution in [0.1, 0.15) is 29.5 Å². The fourth-order valence-electron chi connectivity index (χ4n) is 2.23. The molecule has 0 aliphatic heterocycles. The van der Waals surface area contributed by atoms with Gasteiger partial charge >= 0.3 is 0 Å². The van der Waals surface area contributed by atoms with Crippen LogP contribution in [-0.4, -0.2) is 4.98 Å². The van der Waals surface area contributed by atoms with Crippen molar-refractivity contribution in [1.82, 2.24) is 4.98 Å². The number of thiophene rings is 1. The smallest absolute Gasteiger partial charge is 0.198 e. The van der Waals surface area contributed by atoms with Gasteiger partial charge in [-0.25, -0.2) is 4.98 Å². The van der Waals surface area contributed by atoms with Crippen molar-refractivity contribution in [2.24, 2.45) is 0 Å². The molecular formula is C15H12Br2N2OS. The predicted molar refractivity (Wildman–Crippen MR) is 93.0 cm³/mol. The lowest BCUT2D eigenvalue weighted by Gasteiger charge is -2.03. The molecule has 0 amide bonds. The zero-order valence-corrected chi connectivity index (χ0v) is 15.0. The summed E-state index contributed by atoms with van der Waals surface area (Å²) in [5.41, 5.74) is 2.89. The maximum absolute atomic E-state index is 5.78. The van der Waals surface area contributed by atoms with E-state index in [-0.39, 0.29) is 0 Å². The Labute approximate surface area is 143 Å². The van der Waals surface area contributed by atoms with Crippen LogP contribution in [-0.2, 0) is 6.54 Å². The number of anilines is 1. The highest BCUT2D eigenvalue weighted by atomic mass is 79.9. The molecule has 3 aromatic rings. The number of nitrogens with one attached hydrogen (secondary N) is 1. The van der Waals surface area contributed by atoms with Crippen molar-refractivity contribution in [3.8, 4) is 0 Å². The third kappa shape index (κ3) is 2.89. The van der Waals surface area contributed by atoms with E-state index >= 15 is 0 Å². The Morgan fingerprint density at radius 1 is 1.29 bits per heavy atom. The molecule has 1 fully saturated rings. The molecule has 2 aromatic heterocycles. The monoisotopic (exact) mass is 426 g/mol. The van der Waals surface area contributed by atoms with Gasteiger partial charge in [0, 0.05) is 27.5 Å². The molecular weight excluding hydrogens is 416 g/mol. The Hall–Kier alpha value is -0.850. The Morgan fingerprint density at radius 3 is 2.86 bits per heavy atom. The number of halogens is 2. The van der Waals surface area contributed by atoms with Gasteiger partial charge in [0.25, 0.3) is 0 Å². The van der Waals surface area contributed by atoms with Crippen LogP contribution in [0.4, 0.5) is 5.69 Å². The van der Waals surface area contributed by atoms with E-state index in [9.17, 15) is 0 Å². The van der Waals surface area contributed by atoms with Crippen LogP contribution in [0.15, 0.2) is 36.9 Å². The lowest BCUT2D eigenvalue weighted by molar-refractivity contribution is 0.533. The summed E-state index contributed by atoms with van der Waals surface area (Å²) in [6.07, 6.45) is 2.42. The molecule has 1 aliphatic carbocycles. The van der Waals surface area contributed by atoms with Gasteiger partial charge in [0.15, 0.2) is 11.5 Å². The number of rotatable bonds is 4. The molecule has 6 heteroatoms. The second kappa shape index (κ2) is 5.41. The Bertz CT molecular complexity index is 788. The maximum Gasteiger partial charge on any atom is 0.198 e. The van der Waals surface area contributed by atoms with E-state index in [4.69, 9.17) is 4.42 Å². The minimum absolute atomic E-state index is 0.551. The van der Waals surface area contributed by atoms with E-state index in [1.165, 1.54) is 17.7 Å². The molecule has 21 heavy (non-hydrogen) atoms. The van der Waals surface area contributed by atoms with Crippen LogP contribution < -0.4 is 5.32 Å². The van der Waals surface area contributed by atoms with Crippen molar-refractivity contribution in [2.45, 2.75) is 25.3 Å². The Balaban J connectivity index is 1.53. The molecule has 0 saturated heterocycles. The van der Waals surface area contributed by atoms with E-state index in [0.717, 1.165) is 37.5 Å². The van der Waals surface area contributed by atoms with E-state index in [1.807, 2.05) is 12.1 Å². The summed E-state index contributed by atoms with van der Waals surface area (Å²) in [6.45, 7) is 0.799. The van der Waals surface area contributed by atoms with Gasteiger partial charge in [-0.05, 0) is 69.0 Å². The minimum atomic E-state index is 0.551. The normalized spacial score (nSPS) is 14.8. The van der Waals surface area contributed by atoms with E-state index in [1.54, 1.807) is 11.3 Å². The first-order valence-corrected chi connectivity index (χ1v) is 9.17. The molecule has 3 nitrogen and oxygen atoms in total. The molecule has 108 valence electrons. The molecule has 0 spiro atoms. The predicted octanol–water partition coefficient (Wildman–Crippen LogP) is 5.90. The van der Waals surface area contributed by atoms with Crippen molar-refractivity contribution >= 4 is 60.0 Å². The number of hydrogen-bond acceptors (Lipinski definition) is 4. The van der Waals surface area contributed by atoms with E-state index in [2.05, 4.69) is 54.3 Å².